The molecule has 3 fully saturated rings. The molecule has 0 N–H and O–H groups in total. The van der Waals surface area contributed by atoms with Gasteiger partial charge in [0.15, 0.2) is 30.1 Å². The summed E-state index contributed by atoms with van der Waals surface area (Å²) in [4.78, 5) is 3.79. The molecule has 0 radical (unpaired) electrons. The van der Waals surface area contributed by atoms with Crippen LogP contribution in [0.4, 0.5) is 0 Å². The highest BCUT2D eigenvalue weighted by Gasteiger charge is 2.70. The van der Waals surface area contributed by atoms with Gasteiger partial charge in [0.1, 0.15) is 6.10 Å². The summed E-state index contributed by atoms with van der Waals surface area (Å²) in [5, 5.41) is 0. The smallest absolute Gasteiger partial charge is 0.309 e. The lowest BCUT2D eigenvalue weighted by atomic mass is 9.86. The Kier molecular flexibility index (Phi) is 3.21. The zero-order chi connectivity index (χ0) is 15.5. The van der Waals surface area contributed by atoms with Crippen molar-refractivity contribution in [2.24, 2.45) is 0 Å². The second-order valence-electron chi connectivity index (χ2n) is 6.55. The minimum Gasteiger partial charge on any atom is -0.348 e. The van der Waals surface area contributed by atoms with Crippen molar-refractivity contribution >= 4 is 0 Å². The molecule has 0 unspecified atom stereocenters. The van der Waals surface area contributed by atoms with Gasteiger partial charge >= 0.3 is 5.54 Å². The molecule has 0 saturated carbocycles. The minimum absolute atomic E-state index is 0.354. The molecule has 3 heterocycles. The molecular formula is C15H21NO5. The first kappa shape index (κ1) is 14.9. The van der Waals surface area contributed by atoms with Gasteiger partial charge in [0.25, 0.3) is 0 Å². The molecule has 0 aromatic heterocycles. The summed E-state index contributed by atoms with van der Waals surface area (Å²) in [6, 6.07) is 0. The standard InChI is InChI=1S/C15H21NO5/c1-7-15(16-6)10(9-8-17-13(2,3)19-9)18-12-11(15)20-14(4,5)21-12/h7,9-12H,1,8H2,2-5H3/t9-,10-,11+,12-,15+/m1/s1. The molecule has 5 atom stereocenters. The van der Waals surface area contributed by atoms with Crippen molar-refractivity contribution in [1.29, 1.82) is 0 Å². The average molecular weight is 295 g/mol. The molecule has 6 heteroatoms. The summed E-state index contributed by atoms with van der Waals surface area (Å²) < 4.78 is 29.0. The van der Waals surface area contributed by atoms with Crippen LogP contribution in [0.1, 0.15) is 27.7 Å². The summed E-state index contributed by atoms with van der Waals surface area (Å²) >= 11 is 0. The van der Waals surface area contributed by atoms with Crippen LogP contribution in [0.2, 0.25) is 0 Å². The molecule has 0 aromatic rings. The van der Waals surface area contributed by atoms with Gasteiger partial charge in [0, 0.05) is 0 Å². The molecular weight excluding hydrogens is 274 g/mol. The predicted octanol–water partition coefficient (Wildman–Crippen LogP) is 1.86. The molecule has 21 heavy (non-hydrogen) atoms. The van der Waals surface area contributed by atoms with Gasteiger partial charge in [-0.25, -0.2) is 6.57 Å². The van der Waals surface area contributed by atoms with E-state index < -0.39 is 35.6 Å². The molecule has 116 valence electrons. The van der Waals surface area contributed by atoms with Crippen molar-refractivity contribution in [1.82, 2.24) is 0 Å². The van der Waals surface area contributed by atoms with Crippen LogP contribution < -0.4 is 0 Å². The fourth-order valence-corrected chi connectivity index (χ4v) is 3.21. The maximum Gasteiger partial charge on any atom is 0.309 e. The van der Waals surface area contributed by atoms with Crippen LogP contribution in [-0.4, -0.2) is 48.3 Å². The van der Waals surface area contributed by atoms with E-state index in [-0.39, 0.29) is 6.10 Å². The number of hydrogen-bond donors (Lipinski definition) is 0. The third-order valence-corrected chi connectivity index (χ3v) is 4.14. The number of hydrogen-bond acceptors (Lipinski definition) is 5. The van der Waals surface area contributed by atoms with E-state index in [4.69, 9.17) is 30.3 Å². The van der Waals surface area contributed by atoms with E-state index >= 15 is 0 Å². The van der Waals surface area contributed by atoms with Crippen LogP contribution in [0.5, 0.6) is 0 Å². The van der Waals surface area contributed by atoms with Gasteiger partial charge in [-0.2, -0.15) is 0 Å². The third kappa shape index (κ3) is 2.20. The van der Waals surface area contributed by atoms with Gasteiger partial charge in [-0.1, -0.05) is 6.58 Å². The quantitative estimate of drug-likeness (QED) is 0.575. The molecule has 0 aliphatic carbocycles. The molecule has 3 aliphatic rings. The Balaban J connectivity index is 1.90. The average Bonchev–Trinajstić information content (AvgIpc) is 2.98. The van der Waals surface area contributed by atoms with Crippen molar-refractivity contribution < 1.29 is 23.7 Å². The van der Waals surface area contributed by atoms with Crippen molar-refractivity contribution in [3.63, 3.8) is 0 Å². The first-order chi connectivity index (χ1) is 9.73. The topological polar surface area (TPSA) is 50.5 Å². The lowest BCUT2D eigenvalue weighted by Gasteiger charge is -2.29. The maximum absolute atomic E-state index is 7.66. The zero-order valence-electron chi connectivity index (χ0n) is 12.8. The molecule has 0 bridgehead atoms. The van der Waals surface area contributed by atoms with Crippen LogP contribution in [0.3, 0.4) is 0 Å². The molecule has 0 amide bonds. The van der Waals surface area contributed by atoms with Crippen LogP contribution >= 0.6 is 0 Å². The lowest BCUT2D eigenvalue weighted by Crippen LogP contribution is -2.50. The highest BCUT2D eigenvalue weighted by molar-refractivity contribution is 5.27. The highest BCUT2D eigenvalue weighted by atomic mass is 16.8. The Hall–Kier alpha value is -0.970. The predicted molar refractivity (Wildman–Crippen MR) is 73.1 cm³/mol. The Morgan fingerprint density at radius 2 is 1.81 bits per heavy atom. The third-order valence-electron chi connectivity index (χ3n) is 4.14. The molecule has 0 aromatic carbocycles. The normalized spacial score (nSPS) is 47.0. The van der Waals surface area contributed by atoms with Crippen LogP contribution in [0.25, 0.3) is 4.85 Å². The lowest BCUT2D eigenvalue weighted by molar-refractivity contribution is -0.224. The van der Waals surface area contributed by atoms with E-state index in [1.165, 1.54) is 0 Å². The van der Waals surface area contributed by atoms with Gasteiger partial charge in [-0.15, -0.1) is 0 Å². The number of fused-ring (bicyclic) bond motifs is 1. The summed E-state index contributed by atoms with van der Waals surface area (Å²) in [7, 11) is 0. The Bertz CT molecular complexity index is 497. The molecule has 6 nitrogen and oxygen atoms in total. The molecule has 3 aliphatic heterocycles. The van der Waals surface area contributed by atoms with E-state index in [0.29, 0.717) is 6.61 Å². The van der Waals surface area contributed by atoms with Crippen LogP contribution in [0.15, 0.2) is 12.7 Å². The Labute approximate surface area is 124 Å². The number of rotatable bonds is 2. The van der Waals surface area contributed by atoms with Gasteiger partial charge in [-0.3, -0.25) is 4.85 Å². The first-order valence-corrected chi connectivity index (χ1v) is 7.08. The fraction of sp³-hybridized carbons (Fsp3) is 0.800. The summed E-state index contributed by atoms with van der Waals surface area (Å²) in [6.07, 6.45) is -0.396. The largest absolute Gasteiger partial charge is 0.348 e. The van der Waals surface area contributed by atoms with Gasteiger partial charge in [-0.05, 0) is 33.8 Å². The second-order valence-corrected chi connectivity index (χ2v) is 6.55. The van der Waals surface area contributed by atoms with Gasteiger partial charge < -0.3 is 23.7 Å². The van der Waals surface area contributed by atoms with E-state index in [1.807, 2.05) is 13.8 Å². The van der Waals surface area contributed by atoms with E-state index in [1.54, 1.807) is 19.9 Å². The van der Waals surface area contributed by atoms with E-state index in [0.717, 1.165) is 0 Å². The van der Waals surface area contributed by atoms with Crippen molar-refractivity contribution in [3.8, 4) is 0 Å². The Morgan fingerprint density at radius 1 is 1.10 bits per heavy atom. The minimum atomic E-state index is -1.03. The van der Waals surface area contributed by atoms with Crippen LogP contribution in [0, 0.1) is 6.57 Å². The molecule has 3 saturated heterocycles. The second kappa shape index (κ2) is 4.51. The SMILES string of the molecule is [C-]#[N+][C@@]1(C=C)[C@@H]([C@H]2COC(C)(C)O2)O[C@@H]2OC(C)(C)O[C@@H]21. The highest BCUT2D eigenvalue weighted by Crippen LogP contribution is 2.48. The number of ether oxygens (including phenoxy) is 5. The molecule has 3 rings (SSSR count). The van der Waals surface area contributed by atoms with Crippen LogP contribution in [-0.2, 0) is 23.7 Å². The van der Waals surface area contributed by atoms with Gasteiger partial charge in [0.2, 0.25) is 0 Å². The summed E-state index contributed by atoms with van der Waals surface area (Å²) in [6.45, 7) is 19.1. The van der Waals surface area contributed by atoms with Gasteiger partial charge in [0.05, 0.1) is 6.61 Å². The maximum atomic E-state index is 7.66. The molecule has 0 spiro atoms. The van der Waals surface area contributed by atoms with Crippen molar-refractivity contribution in [2.45, 2.75) is 69.4 Å². The summed E-state index contributed by atoms with van der Waals surface area (Å²) in [5.41, 5.74) is -1.03. The Morgan fingerprint density at radius 3 is 2.33 bits per heavy atom. The monoisotopic (exact) mass is 295 g/mol. The summed E-state index contributed by atoms with van der Waals surface area (Å²) in [5.74, 6) is -1.45. The van der Waals surface area contributed by atoms with E-state index in [9.17, 15) is 0 Å². The van der Waals surface area contributed by atoms with Crippen molar-refractivity contribution in [3.05, 3.63) is 24.1 Å². The zero-order valence-corrected chi connectivity index (χ0v) is 12.8. The number of nitrogens with zero attached hydrogens (tertiary/aromatic N) is 1. The fourth-order valence-electron chi connectivity index (χ4n) is 3.21. The first-order valence-electron chi connectivity index (χ1n) is 7.08. The van der Waals surface area contributed by atoms with E-state index in [2.05, 4.69) is 11.4 Å². The van der Waals surface area contributed by atoms with Crippen molar-refractivity contribution in [2.75, 3.05) is 6.61 Å².